The summed E-state index contributed by atoms with van der Waals surface area (Å²) in [5.74, 6) is -0.303. The Labute approximate surface area is 125 Å². The molecule has 1 fully saturated rings. The van der Waals surface area contributed by atoms with Crippen LogP contribution in [-0.2, 0) is 11.2 Å². The lowest BCUT2D eigenvalue weighted by Gasteiger charge is -2.21. The molecule has 1 aromatic carbocycles. The molecule has 4 nitrogen and oxygen atoms in total. The summed E-state index contributed by atoms with van der Waals surface area (Å²) < 4.78 is 0. The van der Waals surface area contributed by atoms with Crippen molar-refractivity contribution in [2.45, 2.75) is 44.9 Å². The van der Waals surface area contributed by atoms with E-state index in [4.69, 9.17) is 5.11 Å². The van der Waals surface area contributed by atoms with Crippen molar-refractivity contribution < 1.29 is 14.7 Å². The molecule has 0 aromatic heterocycles. The first-order chi connectivity index (χ1) is 10.2. The average Bonchev–Trinajstić information content (AvgIpc) is 2.52. The highest BCUT2D eigenvalue weighted by Gasteiger charge is 2.15. The summed E-state index contributed by atoms with van der Waals surface area (Å²) in [4.78, 5) is 23.0. The highest BCUT2D eigenvalue weighted by atomic mass is 16.4. The predicted octanol–water partition coefficient (Wildman–Crippen LogP) is 3.01. The smallest absolute Gasteiger partial charge is 0.335 e. The molecule has 0 unspecified atom stereocenters. The van der Waals surface area contributed by atoms with E-state index < -0.39 is 5.97 Å². The van der Waals surface area contributed by atoms with Crippen LogP contribution in [0.15, 0.2) is 24.3 Å². The van der Waals surface area contributed by atoms with E-state index in [1.54, 1.807) is 18.2 Å². The number of amides is 1. The van der Waals surface area contributed by atoms with Crippen LogP contribution in [0.5, 0.6) is 0 Å². The molecule has 21 heavy (non-hydrogen) atoms. The molecule has 1 amide bonds. The monoisotopic (exact) mass is 289 g/mol. The fraction of sp³-hybridized carbons (Fsp3) is 0.529. The summed E-state index contributed by atoms with van der Waals surface area (Å²) in [6, 6.07) is 6.87. The third-order valence-corrected chi connectivity index (χ3v) is 4.18. The van der Waals surface area contributed by atoms with Gasteiger partial charge in [-0.05, 0) is 36.8 Å². The van der Waals surface area contributed by atoms with Crippen molar-refractivity contribution in [3.8, 4) is 0 Å². The minimum absolute atomic E-state index is 0.0146. The first-order valence-corrected chi connectivity index (χ1v) is 7.74. The van der Waals surface area contributed by atoms with Gasteiger partial charge in [0.05, 0.1) is 5.56 Å². The fourth-order valence-electron chi connectivity index (χ4n) is 2.93. The van der Waals surface area contributed by atoms with Gasteiger partial charge in [0.2, 0.25) is 5.91 Å². The maximum absolute atomic E-state index is 11.9. The lowest BCUT2D eigenvalue weighted by Crippen LogP contribution is -2.30. The number of hydrogen-bond donors (Lipinski definition) is 2. The molecule has 0 heterocycles. The molecule has 0 radical (unpaired) electrons. The highest BCUT2D eigenvalue weighted by molar-refractivity contribution is 5.89. The van der Waals surface area contributed by atoms with Gasteiger partial charge in [0.1, 0.15) is 0 Å². The van der Waals surface area contributed by atoms with E-state index in [1.165, 1.54) is 32.1 Å². The van der Waals surface area contributed by atoms with Crippen LogP contribution < -0.4 is 5.32 Å². The Bertz CT molecular complexity index is 493. The van der Waals surface area contributed by atoms with Gasteiger partial charge in [0, 0.05) is 13.0 Å². The number of hydrogen-bond acceptors (Lipinski definition) is 2. The molecule has 0 saturated heterocycles. The number of carbonyl (C=O) groups is 2. The average molecular weight is 289 g/mol. The third-order valence-electron chi connectivity index (χ3n) is 4.18. The van der Waals surface area contributed by atoms with Gasteiger partial charge in [-0.25, -0.2) is 4.79 Å². The van der Waals surface area contributed by atoms with Gasteiger partial charge >= 0.3 is 5.97 Å². The molecule has 1 aliphatic rings. The van der Waals surface area contributed by atoms with E-state index in [0.717, 1.165) is 12.1 Å². The lowest BCUT2D eigenvalue weighted by molar-refractivity contribution is -0.121. The lowest BCUT2D eigenvalue weighted by atomic mass is 9.89. The van der Waals surface area contributed by atoms with Gasteiger partial charge in [-0.15, -0.1) is 0 Å². The molecule has 1 aliphatic carbocycles. The number of nitrogens with one attached hydrogen (secondary N) is 1. The Morgan fingerprint density at radius 3 is 2.57 bits per heavy atom. The summed E-state index contributed by atoms with van der Waals surface area (Å²) in [6.45, 7) is 0.763. The number of carboxylic acid groups (broad SMARTS) is 1. The van der Waals surface area contributed by atoms with Crippen molar-refractivity contribution in [3.05, 3.63) is 35.4 Å². The topological polar surface area (TPSA) is 66.4 Å². The van der Waals surface area contributed by atoms with Crippen molar-refractivity contribution in [1.82, 2.24) is 5.32 Å². The van der Waals surface area contributed by atoms with Crippen LogP contribution in [0.1, 0.15) is 54.4 Å². The molecule has 0 bridgehead atoms. The zero-order valence-electron chi connectivity index (χ0n) is 12.3. The van der Waals surface area contributed by atoms with Crippen molar-refractivity contribution in [2.75, 3.05) is 6.54 Å². The van der Waals surface area contributed by atoms with E-state index in [9.17, 15) is 9.59 Å². The second-order valence-corrected chi connectivity index (χ2v) is 5.77. The van der Waals surface area contributed by atoms with Gasteiger partial charge in [-0.1, -0.05) is 37.5 Å². The normalized spacial score (nSPS) is 15.6. The first-order valence-electron chi connectivity index (χ1n) is 7.74. The second kappa shape index (κ2) is 7.81. The molecule has 114 valence electrons. The van der Waals surface area contributed by atoms with Crippen LogP contribution in [0, 0.1) is 5.92 Å². The third kappa shape index (κ3) is 4.88. The standard InChI is InChI=1S/C17H23NO3/c19-16(18-12-13-6-2-1-3-7-13)11-10-14-8-4-5-9-15(14)17(20)21/h4-5,8-9,13H,1-3,6-7,10-12H2,(H,18,19)(H,20,21). The summed E-state index contributed by atoms with van der Waals surface area (Å²) in [5, 5.41) is 12.1. The van der Waals surface area contributed by atoms with E-state index in [2.05, 4.69) is 5.32 Å². The number of aryl methyl sites for hydroxylation is 1. The summed E-state index contributed by atoms with van der Waals surface area (Å²) in [6.07, 6.45) is 7.09. The van der Waals surface area contributed by atoms with Crippen LogP contribution in [-0.4, -0.2) is 23.5 Å². The highest BCUT2D eigenvalue weighted by Crippen LogP contribution is 2.22. The zero-order valence-corrected chi connectivity index (χ0v) is 12.3. The summed E-state index contributed by atoms with van der Waals surface area (Å²) >= 11 is 0. The Kier molecular flexibility index (Phi) is 5.78. The van der Waals surface area contributed by atoms with Gasteiger partial charge in [0.15, 0.2) is 0 Å². The maximum atomic E-state index is 11.9. The Hall–Kier alpha value is -1.84. The summed E-state index contributed by atoms with van der Waals surface area (Å²) in [7, 11) is 0. The molecule has 1 saturated carbocycles. The number of rotatable bonds is 6. The van der Waals surface area contributed by atoms with E-state index in [1.807, 2.05) is 6.07 Å². The minimum atomic E-state index is -0.937. The van der Waals surface area contributed by atoms with Crippen molar-refractivity contribution in [1.29, 1.82) is 0 Å². The first kappa shape index (κ1) is 15.5. The molecular weight excluding hydrogens is 266 g/mol. The predicted molar refractivity (Wildman–Crippen MR) is 81.3 cm³/mol. The second-order valence-electron chi connectivity index (χ2n) is 5.77. The zero-order chi connectivity index (χ0) is 15.1. The number of aromatic carboxylic acids is 1. The quantitative estimate of drug-likeness (QED) is 0.846. The Balaban J connectivity index is 1.77. The van der Waals surface area contributed by atoms with E-state index >= 15 is 0 Å². The van der Waals surface area contributed by atoms with Crippen LogP contribution in [0.25, 0.3) is 0 Å². The molecule has 2 N–H and O–H groups in total. The molecule has 0 aliphatic heterocycles. The van der Waals surface area contributed by atoms with Crippen molar-refractivity contribution in [2.24, 2.45) is 5.92 Å². The van der Waals surface area contributed by atoms with E-state index in [-0.39, 0.29) is 11.5 Å². The Morgan fingerprint density at radius 2 is 1.86 bits per heavy atom. The van der Waals surface area contributed by atoms with Crippen molar-refractivity contribution >= 4 is 11.9 Å². The number of benzene rings is 1. The van der Waals surface area contributed by atoms with Gasteiger partial charge < -0.3 is 10.4 Å². The SMILES string of the molecule is O=C(CCc1ccccc1C(=O)O)NCC1CCCCC1. The minimum Gasteiger partial charge on any atom is -0.478 e. The molecule has 4 heteroatoms. The van der Waals surface area contributed by atoms with Gasteiger partial charge in [0.25, 0.3) is 0 Å². The van der Waals surface area contributed by atoms with Crippen LogP contribution in [0.4, 0.5) is 0 Å². The number of carboxylic acids is 1. The van der Waals surface area contributed by atoms with Crippen LogP contribution in [0.2, 0.25) is 0 Å². The van der Waals surface area contributed by atoms with Crippen molar-refractivity contribution in [3.63, 3.8) is 0 Å². The number of carbonyl (C=O) groups excluding carboxylic acids is 1. The van der Waals surface area contributed by atoms with Gasteiger partial charge in [-0.3, -0.25) is 4.79 Å². The molecule has 0 spiro atoms. The van der Waals surface area contributed by atoms with Crippen LogP contribution in [0.3, 0.4) is 0 Å². The molecular formula is C17H23NO3. The molecule has 2 rings (SSSR count). The molecule has 0 atom stereocenters. The summed E-state index contributed by atoms with van der Waals surface area (Å²) in [5.41, 5.74) is 1.01. The largest absolute Gasteiger partial charge is 0.478 e. The fourth-order valence-corrected chi connectivity index (χ4v) is 2.93. The van der Waals surface area contributed by atoms with Gasteiger partial charge in [-0.2, -0.15) is 0 Å². The Morgan fingerprint density at radius 1 is 1.14 bits per heavy atom. The maximum Gasteiger partial charge on any atom is 0.335 e. The van der Waals surface area contributed by atoms with E-state index in [0.29, 0.717) is 18.8 Å². The van der Waals surface area contributed by atoms with Crippen LogP contribution >= 0.6 is 0 Å². The molecule has 1 aromatic rings.